The van der Waals surface area contributed by atoms with Gasteiger partial charge < -0.3 is 14.6 Å². The number of aliphatic hydroxyl groups is 1. The third kappa shape index (κ3) is 3.73. The van der Waals surface area contributed by atoms with Gasteiger partial charge in [0.2, 0.25) is 0 Å². The van der Waals surface area contributed by atoms with Crippen LogP contribution in [0.1, 0.15) is 29.7 Å². The number of fused-ring (bicyclic) bond motifs is 1. The van der Waals surface area contributed by atoms with Crippen LogP contribution in [0.5, 0.6) is 5.75 Å². The zero-order chi connectivity index (χ0) is 18.5. The molecule has 1 heterocycles. The molecule has 0 saturated heterocycles. The summed E-state index contributed by atoms with van der Waals surface area (Å²) in [6.07, 6.45) is 3.14. The fourth-order valence-corrected chi connectivity index (χ4v) is 3.15. The molecule has 0 spiro atoms. The van der Waals surface area contributed by atoms with Gasteiger partial charge in [-0.1, -0.05) is 43.3 Å². The van der Waals surface area contributed by atoms with E-state index in [9.17, 15) is 9.90 Å². The number of aliphatic hydroxyl groups excluding tert-OH is 1. The van der Waals surface area contributed by atoms with Crippen molar-refractivity contribution < 1.29 is 19.4 Å². The molecule has 0 aromatic heterocycles. The van der Waals surface area contributed by atoms with Crippen molar-refractivity contribution in [2.75, 3.05) is 13.7 Å². The number of ether oxygens (including phenoxy) is 2. The van der Waals surface area contributed by atoms with E-state index in [-0.39, 0.29) is 25.2 Å². The molecule has 0 unspecified atom stereocenters. The standard InChI is InChI=1S/C21H23NO4/c1-15(13-23)20-19-9-8-18(25-2)12-17(19)10-11-22(20)21(24)26-14-16-6-4-3-5-7-16/h3-12,15,20,23H,13-14H2,1-2H3/t15-,20+/m1/s1. The average Bonchev–Trinajstić information content (AvgIpc) is 2.70. The molecule has 0 saturated carbocycles. The van der Waals surface area contributed by atoms with Crippen molar-refractivity contribution in [3.63, 3.8) is 0 Å². The minimum absolute atomic E-state index is 0.0353. The molecule has 5 heteroatoms. The van der Waals surface area contributed by atoms with Crippen LogP contribution in [0.3, 0.4) is 0 Å². The summed E-state index contributed by atoms with van der Waals surface area (Å²) in [6, 6.07) is 15.0. The molecule has 2 aromatic carbocycles. The van der Waals surface area contributed by atoms with Crippen molar-refractivity contribution >= 4 is 12.2 Å². The lowest BCUT2D eigenvalue weighted by Gasteiger charge is -2.36. The van der Waals surface area contributed by atoms with Gasteiger partial charge >= 0.3 is 6.09 Å². The van der Waals surface area contributed by atoms with Crippen LogP contribution < -0.4 is 4.74 Å². The van der Waals surface area contributed by atoms with Crippen LogP contribution in [-0.4, -0.2) is 29.8 Å². The number of hydrogen-bond acceptors (Lipinski definition) is 4. The zero-order valence-electron chi connectivity index (χ0n) is 15.0. The maximum Gasteiger partial charge on any atom is 0.414 e. The second-order valence-electron chi connectivity index (χ2n) is 6.36. The van der Waals surface area contributed by atoms with Gasteiger partial charge in [0.15, 0.2) is 0 Å². The largest absolute Gasteiger partial charge is 0.497 e. The van der Waals surface area contributed by atoms with Gasteiger partial charge in [0, 0.05) is 18.7 Å². The quantitative estimate of drug-likeness (QED) is 0.883. The number of nitrogens with zero attached hydrogens (tertiary/aromatic N) is 1. The Kier molecular flexibility index (Phi) is 5.58. The predicted molar refractivity (Wildman–Crippen MR) is 99.5 cm³/mol. The highest BCUT2D eigenvalue weighted by Crippen LogP contribution is 2.37. The van der Waals surface area contributed by atoms with Crippen LogP contribution in [0.15, 0.2) is 54.7 Å². The molecule has 3 rings (SSSR count). The van der Waals surface area contributed by atoms with E-state index in [4.69, 9.17) is 9.47 Å². The first-order chi connectivity index (χ1) is 12.6. The number of hydrogen-bond donors (Lipinski definition) is 1. The Morgan fingerprint density at radius 2 is 2.00 bits per heavy atom. The first-order valence-corrected chi connectivity index (χ1v) is 8.60. The normalized spacial score (nSPS) is 16.7. The van der Waals surface area contributed by atoms with E-state index in [0.717, 1.165) is 22.4 Å². The van der Waals surface area contributed by atoms with Gasteiger partial charge in [-0.15, -0.1) is 0 Å². The molecule has 136 valence electrons. The Balaban J connectivity index is 1.82. The Morgan fingerprint density at radius 1 is 1.23 bits per heavy atom. The summed E-state index contributed by atoms with van der Waals surface area (Å²) in [6.45, 7) is 2.08. The SMILES string of the molecule is COc1ccc2c(c1)C=CN(C(=O)OCc1ccccc1)[C@H]2[C@H](C)CO. The molecular formula is C21H23NO4. The van der Waals surface area contributed by atoms with Crippen LogP contribution in [0, 0.1) is 5.92 Å². The summed E-state index contributed by atoms with van der Waals surface area (Å²) in [5.41, 5.74) is 2.87. The zero-order valence-corrected chi connectivity index (χ0v) is 15.0. The van der Waals surface area contributed by atoms with Crippen LogP contribution in [-0.2, 0) is 11.3 Å². The predicted octanol–water partition coefficient (Wildman–Crippen LogP) is 3.99. The molecule has 0 radical (unpaired) electrons. The minimum atomic E-state index is -0.433. The Bertz CT molecular complexity index is 788. The van der Waals surface area contributed by atoms with E-state index >= 15 is 0 Å². The number of methoxy groups -OCH3 is 1. The molecule has 0 bridgehead atoms. The van der Waals surface area contributed by atoms with Gasteiger partial charge in [-0.2, -0.15) is 0 Å². The van der Waals surface area contributed by atoms with Crippen molar-refractivity contribution in [3.05, 3.63) is 71.4 Å². The molecule has 0 fully saturated rings. The Morgan fingerprint density at radius 3 is 2.69 bits per heavy atom. The molecule has 2 aromatic rings. The number of amides is 1. The van der Waals surface area contributed by atoms with Crippen molar-refractivity contribution in [1.29, 1.82) is 0 Å². The summed E-state index contributed by atoms with van der Waals surface area (Å²) >= 11 is 0. The number of benzene rings is 2. The highest BCUT2D eigenvalue weighted by molar-refractivity contribution is 5.74. The second-order valence-corrected chi connectivity index (χ2v) is 6.36. The first kappa shape index (κ1) is 18.0. The van der Waals surface area contributed by atoms with E-state index < -0.39 is 6.09 Å². The topological polar surface area (TPSA) is 59.0 Å². The molecule has 1 amide bonds. The van der Waals surface area contributed by atoms with Gasteiger partial charge in [0.1, 0.15) is 12.4 Å². The Hall–Kier alpha value is -2.79. The highest BCUT2D eigenvalue weighted by atomic mass is 16.6. The van der Waals surface area contributed by atoms with Crippen LogP contribution in [0.2, 0.25) is 0 Å². The van der Waals surface area contributed by atoms with E-state index in [1.165, 1.54) is 0 Å². The maximum atomic E-state index is 12.7. The van der Waals surface area contributed by atoms with Crippen molar-refractivity contribution in [3.8, 4) is 5.75 Å². The third-order valence-electron chi connectivity index (χ3n) is 4.57. The molecule has 5 nitrogen and oxygen atoms in total. The summed E-state index contributed by atoms with van der Waals surface area (Å²) in [5, 5.41) is 9.69. The molecular weight excluding hydrogens is 330 g/mol. The second kappa shape index (κ2) is 8.06. The maximum absolute atomic E-state index is 12.7. The van der Waals surface area contributed by atoms with Crippen LogP contribution in [0.25, 0.3) is 6.08 Å². The molecule has 26 heavy (non-hydrogen) atoms. The molecule has 0 aliphatic carbocycles. The van der Waals surface area contributed by atoms with Gasteiger partial charge in [-0.05, 0) is 34.9 Å². The summed E-state index contributed by atoms with van der Waals surface area (Å²) < 4.78 is 10.8. The lowest BCUT2D eigenvalue weighted by atomic mass is 9.88. The van der Waals surface area contributed by atoms with Crippen LogP contribution >= 0.6 is 0 Å². The van der Waals surface area contributed by atoms with Crippen molar-refractivity contribution in [1.82, 2.24) is 4.90 Å². The van der Waals surface area contributed by atoms with Crippen molar-refractivity contribution in [2.45, 2.75) is 19.6 Å². The monoisotopic (exact) mass is 353 g/mol. The fraction of sp³-hybridized carbons (Fsp3) is 0.286. The van der Waals surface area contributed by atoms with E-state index in [1.807, 2.05) is 61.5 Å². The fourth-order valence-electron chi connectivity index (χ4n) is 3.15. The highest BCUT2D eigenvalue weighted by Gasteiger charge is 2.33. The molecule has 1 N–H and O–H groups in total. The summed E-state index contributed by atoms with van der Waals surface area (Å²) in [4.78, 5) is 14.2. The number of carbonyl (C=O) groups excluding carboxylic acids is 1. The van der Waals surface area contributed by atoms with Crippen LogP contribution in [0.4, 0.5) is 4.79 Å². The third-order valence-corrected chi connectivity index (χ3v) is 4.57. The van der Waals surface area contributed by atoms with E-state index in [2.05, 4.69) is 0 Å². The molecule has 2 atom stereocenters. The number of rotatable bonds is 5. The average molecular weight is 353 g/mol. The van der Waals surface area contributed by atoms with Crippen molar-refractivity contribution in [2.24, 2.45) is 5.92 Å². The van der Waals surface area contributed by atoms with Gasteiger partial charge in [0.25, 0.3) is 0 Å². The minimum Gasteiger partial charge on any atom is -0.497 e. The summed E-state index contributed by atoms with van der Waals surface area (Å²) in [5.74, 6) is 0.611. The lowest BCUT2D eigenvalue weighted by Crippen LogP contribution is -2.37. The Labute approximate surface area is 153 Å². The summed E-state index contributed by atoms with van der Waals surface area (Å²) in [7, 11) is 1.62. The van der Waals surface area contributed by atoms with E-state index in [0.29, 0.717) is 0 Å². The lowest BCUT2D eigenvalue weighted by molar-refractivity contribution is 0.0786. The molecule has 1 aliphatic heterocycles. The van der Waals surface area contributed by atoms with Gasteiger partial charge in [-0.3, -0.25) is 4.90 Å². The smallest absolute Gasteiger partial charge is 0.414 e. The van der Waals surface area contributed by atoms with E-state index in [1.54, 1.807) is 18.2 Å². The molecule has 1 aliphatic rings. The van der Waals surface area contributed by atoms with Gasteiger partial charge in [0.05, 0.1) is 13.2 Å². The first-order valence-electron chi connectivity index (χ1n) is 8.60. The number of carbonyl (C=O) groups is 1. The van der Waals surface area contributed by atoms with Gasteiger partial charge in [-0.25, -0.2) is 4.79 Å².